The Labute approximate surface area is 261 Å². The molecule has 0 spiro atoms. The lowest BCUT2D eigenvalue weighted by Gasteiger charge is -2.07. The quantitative estimate of drug-likeness (QED) is 0.106. The zero-order valence-electron chi connectivity index (χ0n) is 25.2. The molecule has 43 heavy (non-hydrogen) atoms. The summed E-state index contributed by atoms with van der Waals surface area (Å²) in [5, 5.41) is 0. The Hall–Kier alpha value is -3.66. The van der Waals surface area contributed by atoms with Crippen molar-refractivity contribution in [2.75, 3.05) is 34.6 Å². The lowest BCUT2D eigenvalue weighted by Crippen LogP contribution is -2.02. The Kier molecular flexibility index (Phi) is 16.0. The van der Waals surface area contributed by atoms with E-state index < -0.39 is 13.0 Å². The molecule has 0 unspecified atom stereocenters. The molecule has 4 aromatic carbocycles. The van der Waals surface area contributed by atoms with Crippen LogP contribution in [-0.4, -0.2) is 40.9 Å². The minimum absolute atomic E-state index is 0.236. The van der Waals surface area contributed by atoms with Crippen LogP contribution in [-0.2, 0) is 35.5 Å². The largest absolute Gasteiger partial charge is 0.497 e. The predicted molar refractivity (Wildman–Crippen MR) is 166 cm³/mol. The van der Waals surface area contributed by atoms with Crippen molar-refractivity contribution in [2.24, 2.45) is 0 Å². The highest BCUT2D eigenvalue weighted by atomic mass is 79.9. The maximum atomic E-state index is 13.0. The smallest absolute Gasteiger partial charge is 0.150 e. The Morgan fingerprint density at radius 1 is 0.721 bits per heavy atom. The van der Waals surface area contributed by atoms with E-state index in [-0.39, 0.29) is 5.82 Å². The molecule has 0 saturated carbocycles. The van der Waals surface area contributed by atoms with Crippen molar-refractivity contribution < 1.29 is 38.3 Å². The van der Waals surface area contributed by atoms with E-state index in [9.17, 15) is 18.0 Å². The number of methoxy groups -OCH3 is 2. The SMILES string of the molecule is COc1ccc(COCCc2ccc(F)cc2Br)cc1.COc1ccc(COCCc2ccc(F)cc2C=O)cc1.[2H]CF. The highest BCUT2D eigenvalue weighted by Crippen LogP contribution is 2.19. The fraction of sp³-hybridized carbons (Fsp3) is 0.265. The molecule has 230 valence electrons. The predicted octanol–water partition coefficient (Wildman–Crippen LogP) is 8.35. The summed E-state index contributed by atoms with van der Waals surface area (Å²) in [6.07, 6.45) is 1.99. The van der Waals surface area contributed by atoms with Gasteiger partial charge in [-0.05, 0) is 83.6 Å². The molecule has 0 bridgehead atoms. The molecule has 0 N–H and O–H groups in total. The van der Waals surface area contributed by atoms with Gasteiger partial charge in [-0.3, -0.25) is 9.18 Å². The molecule has 0 aliphatic carbocycles. The van der Waals surface area contributed by atoms with Crippen molar-refractivity contribution in [2.45, 2.75) is 26.1 Å². The minimum atomic E-state index is -1.00. The van der Waals surface area contributed by atoms with Gasteiger partial charge in [0.05, 0.1) is 49.2 Å². The molecule has 0 aliphatic heterocycles. The number of ether oxygens (including phenoxy) is 4. The third-order valence-corrected chi connectivity index (χ3v) is 6.88. The topological polar surface area (TPSA) is 54.0 Å². The number of rotatable bonds is 13. The molecule has 4 aromatic rings. The number of benzene rings is 4. The van der Waals surface area contributed by atoms with Gasteiger partial charge in [-0.15, -0.1) is 0 Å². The molecule has 0 aliphatic rings. The lowest BCUT2D eigenvalue weighted by atomic mass is 10.1. The molecule has 4 rings (SSSR count). The second-order valence-corrected chi connectivity index (χ2v) is 9.85. The average Bonchev–Trinajstić information content (AvgIpc) is 3.04. The molecular formula is C34H36BrF3O5. The van der Waals surface area contributed by atoms with Gasteiger partial charge < -0.3 is 18.9 Å². The van der Waals surface area contributed by atoms with Gasteiger partial charge in [0.1, 0.15) is 29.4 Å². The van der Waals surface area contributed by atoms with E-state index in [1.165, 1.54) is 24.3 Å². The number of hydrogen-bond acceptors (Lipinski definition) is 5. The number of aldehydes is 1. The number of carbonyl (C=O) groups excluding carboxylic acids is 1. The number of alkyl halides is 1. The van der Waals surface area contributed by atoms with E-state index in [2.05, 4.69) is 15.9 Å². The van der Waals surface area contributed by atoms with Gasteiger partial charge in [0, 0.05) is 10.0 Å². The van der Waals surface area contributed by atoms with E-state index in [0.717, 1.165) is 44.6 Å². The van der Waals surface area contributed by atoms with Crippen molar-refractivity contribution in [1.82, 2.24) is 0 Å². The summed E-state index contributed by atoms with van der Waals surface area (Å²) in [6.45, 7) is 2.11. The first-order valence-corrected chi connectivity index (χ1v) is 14.1. The van der Waals surface area contributed by atoms with Crippen molar-refractivity contribution in [3.63, 3.8) is 0 Å². The van der Waals surface area contributed by atoms with Gasteiger partial charge in [0.2, 0.25) is 0 Å². The van der Waals surface area contributed by atoms with Crippen LogP contribution < -0.4 is 9.47 Å². The molecule has 9 heteroatoms. The van der Waals surface area contributed by atoms with Crippen molar-refractivity contribution in [3.8, 4) is 11.5 Å². The Balaban J connectivity index is 0.000000282. The highest BCUT2D eigenvalue weighted by molar-refractivity contribution is 9.10. The third kappa shape index (κ3) is 13.0. The summed E-state index contributed by atoms with van der Waals surface area (Å²) in [5.74, 6) is 1.00. The molecule has 0 aromatic heterocycles. The number of carbonyl (C=O) groups is 1. The molecule has 0 heterocycles. The first-order chi connectivity index (χ1) is 21.3. The molecule has 0 fully saturated rings. The maximum Gasteiger partial charge on any atom is 0.150 e. The van der Waals surface area contributed by atoms with Crippen LogP contribution in [0.2, 0.25) is 0 Å². The Morgan fingerprint density at radius 3 is 1.60 bits per heavy atom. The zero-order valence-corrected chi connectivity index (χ0v) is 25.7. The van der Waals surface area contributed by atoms with E-state index in [4.69, 9.17) is 20.3 Å². The van der Waals surface area contributed by atoms with Crippen LogP contribution in [0.4, 0.5) is 13.2 Å². The average molecular weight is 663 g/mol. The summed E-state index contributed by atoms with van der Waals surface area (Å²) in [6, 6.07) is 24.3. The van der Waals surface area contributed by atoms with E-state index in [1.807, 2.05) is 48.5 Å². The van der Waals surface area contributed by atoms with Gasteiger partial charge in [-0.25, -0.2) is 8.78 Å². The third-order valence-electron chi connectivity index (χ3n) is 6.14. The Bertz CT molecular complexity index is 1390. The van der Waals surface area contributed by atoms with Gasteiger partial charge in [-0.1, -0.05) is 52.3 Å². The second kappa shape index (κ2) is 20.3. The van der Waals surface area contributed by atoms with Crippen LogP contribution in [0.3, 0.4) is 0 Å². The molecular weight excluding hydrogens is 625 g/mol. The molecule has 5 nitrogen and oxygen atoms in total. The molecule has 0 atom stereocenters. The fourth-order valence-electron chi connectivity index (χ4n) is 3.82. The number of halogens is 4. The molecule has 0 amide bonds. The standard InChI is InChI=1S/C17H17FO3.C16H16BrFO2.CH3F/c1-20-17-6-2-13(3-7-17)12-21-9-8-14-4-5-16(18)10-15(14)11-19;1-19-15-6-2-12(3-7-15)11-20-9-8-13-4-5-14(18)10-16(13)17;1-2/h2-7,10-11H,8-9,12H2,1H3;2-7,10H,8-9,11H2,1H3;1H3/i;;1D. The lowest BCUT2D eigenvalue weighted by molar-refractivity contribution is 0.111. The first-order valence-electron chi connectivity index (χ1n) is 14.0. The van der Waals surface area contributed by atoms with Gasteiger partial charge in [0.15, 0.2) is 0 Å². The van der Waals surface area contributed by atoms with Crippen LogP contribution >= 0.6 is 15.9 Å². The fourth-order valence-corrected chi connectivity index (χ4v) is 4.36. The summed E-state index contributed by atoms with van der Waals surface area (Å²) < 4.78 is 63.6. The van der Waals surface area contributed by atoms with Crippen LogP contribution in [0.25, 0.3) is 0 Å². The normalized spacial score (nSPS) is 10.4. The summed E-state index contributed by atoms with van der Waals surface area (Å²) in [7, 11) is 2.27. The first kappa shape index (κ1) is 33.8. The van der Waals surface area contributed by atoms with E-state index in [1.54, 1.807) is 26.4 Å². The van der Waals surface area contributed by atoms with Gasteiger partial charge >= 0.3 is 0 Å². The minimum Gasteiger partial charge on any atom is -0.497 e. The maximum absolute atomic E-state index is 13.0. The van der Waals surface area contributed by atoms with Gasteiger partial charge in [0.25, 0.3) is 0 Å². The second-order valence-electron chi connectivity index (χ2n) is 9.00. The molecule has 0 radical (unpaired) electrons. The van der Waals surface area contributed by atoms with Crippen LogP contribution in [0.1, 0.15) is 34.0 Å². The monoisotopic (exact) mass is 661 g/mol. The van der Waals surface area contributed by atoms with Crippen LogP contribution in [0.15, 0.2) is 89.4 Å². The van der Waals surface area contributed by atoms with Crippen LogP contribution in [0, 0.1) is 11.6 Å². The Morgan fingerprint density at radius 2 is 1.16 bits per heavy atom. The number of hydrogen-bond donors (Lipinski definition) is 0. The van der Waals surface area contributed by atoms with Crippen LogP contribution in [0.5, 0.6) is 11.5 Å². The summed E-state index contributed by atoms with van der Waals surface area (Å²) in [4.78, 5) is 10.9. The van der Waals surface area contributed by atoms with Gasteiger partial charge in [-0.2, -0.15) is 0 Å². The summed E-state index contributed by atoms with van der Waals surface area (Å²) in [5.41, 5.74) is 4.36. The van der Waals surface area contributed by atoms with E-state index in [0.29, 0.717) is 44.7 Å². The zero-order chi connectivity index (χ0) is 32.2. The van der Waals surface area contributed by atoms with E-state index >= 15 is 0 Å². The highest BCUT2D eigenvalue weighted by Gasteiger charge is 2.04. The van der Waals surface area contributed by atoms with Crippen molar-refractivity contribution >= 4 is 22.2 Å². The van der Waals surface area contributed by atoms with Crippen molar-refractivity contribution in [3.05, 3.63) is 129 Å². The van der Waals surface area contributed by atoms with Crippen molar-refractivity contribution in [1.29, 1.82) is 0 Å². The molecule has 0 saturated heterocycles. The summed E-state index contributed by atoms with van der Waals surface area (Å²) >= 11 is 3.35.